The summed E-state index contributed by atoms with van der Waals surface area (Å²) in [5.41, 5.74) is 0. The first-order chi connectivity index (χ1) is 6.41. The Morgan fingerprint density at radius 1 is 1.18 bits per heavy atom. The zero-order valence-corrected chi connectivity index (χ0v) is 18.2. The largest absolute Gasteiger partial charge is 1.00 e. The number of unbranched alkanes of at least 4 members (excludes halogenated alkanes) is 2. The monoisotopic (exact) mass is 292 g/mol. The minimum atomic E-state index is -5.39. The third kappa shape index (κ3) is 68.5. The number of ether oxygens (including phenoxy) is 1. The van der Waals surface area contributed by atoms with Crippen LogP contribution >= 0.6 is 7.82 Å². The Bertz CT molecular complexity index is 168. The molecular formula is C8H16Na3O5P. The van der Waals surface area contributed by atoms with E-state index in [-0.39, 0.29) is 88.7 Å². The number of hydrogen-bond donors (Lipinski definition) is 0. The van der Waals surface area contributed by atoms with Gasteiger partial charge in [-0.25, -0.2) is 0 Å². The molecule has 0 rings (SSSR count). The molecule has 9 heteroatoms. The van der Waals surface area contributed by atoms with Crippen molar-refractivity contribution in [1.82, 2.24) is 0 Å². The van der Waals surface area contributed by atoms with E-state index in [1.165, 1.54) is 19.3 Å². The molecule has 0 saturated carbocycles. The van der Waals surface area contributed by atoms with Gasteiger partial charge in [-0.05, 0) is 6.42 Å². The molecule has 17 heavy (non-hydrogen) atoms. The van der Waals surface area contributed by atoms with Gasteiger partial charge in [0.2, 0.25) is 0 Å². The van der Waals surface area contributed by atoms with Gasteiger partial charge in [-0.2, -0.15) is 7.82 Å². The first kappa shape index (κ1) is 32.0. The van der Waals surface area contributed by atoms with Crippen LogP contribution in [0.15, 0.2) is 12.7 Å². The van der Waals surface area contributed by atoms with E-state index in [1.807, 2.05) is 0 Å². The van der Waals surface area contributed by atoms with E-state index in [2.05, 4.69) is 13.5 Å². The van der Waals surface area contributed by atoms with Gasteiger partial charge in [0.15, 0.2) is 0 Å². The molecule has 0 aromatic carbocycles. The Kier molecular flexibility index (Phi) is 44.9. The summed E-state index contributed by atoms with van der Waals surface area (Å²) in [4.78, 5) is 25.6. The van der Waals surface area contributed by atoms with Gasteiger partial charge in [0.1, 0.15) is 0 Å². The van der Waals surface area contributed by atoms with E-state index in [4.69, 9.17) is 24.0 Å². The zero-order chi connectivity index (χ0) is 11.4. The Morgan fingerprint density at radius 3 is 1.88 bits per heavy atom. The summed E-state index contributed by atoms with van der Waals surface area (Å²) in [6.07, 6.45) is 5.50. The number of phosphoric acid groups is 1. The van der Waals surface area contributed by atoms with Crippen LogP contribution in [-0.4, -0.2) is 13.2 Å². The van der Waals surface area contributed by atoms with Gasteiger partial charge in [0.05, 0.1) is 6.61 Å². The van der Waals surface area contributed by atoms with E-state index < -0.39 is 7.82 Å². The second kappa shape index (κ2) is 23.9. The predicted octanol–water partition coefficient (Wildman–Crippen LogP) is -9.43. The van der Waals surface area contributed by atoms with Gasteiger partial charge in [-0.15, -0.1) is 6.58 Å². The van der Waals surface area contributed by atoms with Gasteiger partial charge in [-0.3, -0.25) is 0 Å². The van der Waals surface area contributed by atoms with Crippen molar-refractivity contribution < 1.29 is 113 Å². The molecule has 0 aromatic rings. The fourth-order valence-electron chi connectivity index (χ4n) is 0.621. The van der Waals surface area contributed by atoms with E-state index in [9.17, 15) is 0 Å². The van der Waals surface area contributed by atoms with Crippen LogP contribution in [0.4, 0.5) is 0 Å². The van der Waals surface area contributed by atoms with Crippen molar-refractivity contribution >= 4 is 7.82 Å². The maximum atomic E-state index is 8.55. The van der Waals surface area contributed by atoms with E-state index in [0.29, 0.717) is 6.61 Å². The Balaban J connectivity index is -0.0000000533. The predicted molar refractivity (Wildman–Crippen MR) is 48.1 cm³/mol. The van der Waals surface area contributed by atoms with Crippen LogP contribution in [0.2, 0.25) is 0 Å². The molecule has 0 heterocycles. The van der Waals surface area contributed by atoms with Crippen molar-refractivity contribution in [2.45, 2.75) is 26.2 Å². The molecule has 0 N–H and O–H groups in total. The van der Waals surface area contributed by atoms with Crippen LogP contribution in [0.3, 0.4) is 0 Å². The Hall–Kier alpha value is 2.81. The molecule has 0 fully saturated rings. The summed E-state index contributed by atoms with van der Waals surface area (Å²) < 4.78 is 13.7. The maximum absolute atomic E-state index is 8.55. The second-order valence-corrected chi connectivity index (χ2v) is 3.41. The summed E-state index contributed by atoms with van der Waals surface area (Å²) >= 11 is 0. The molecule has 86 valence electrons. The quantitative estimate of drug-likeness (QED) is 0.210. The van der Waals surface area contributed by atoms with Crippen LogP contribution in [0, 0.1) is 0 Å². The van der Waals surface area contributed by atoms with E-state index in [1.54, 1.807) is 6.08 Å². The van der Waals surface area contributed by atoms with Crippen LogP contribution in [0.5, 0.6) is 0 Å². The molecule has 0 spiro atoms. The first-order valence-corrected chi connectivity index (χ1v) is 5.79. The molecule has 5 nitrogen and oxygen atoms in total. The smallest absolute Gasteiger partial charge is 0.822 e. The molecule has 0 aromatic heterocycles. The van der Waals surface area contributed by atoms with Crippen molar-refractivity contribution in [3.05, 3.63) is 12.7 Å². The van der Waals surface area contributed by atoms with Crippen LogP contribution in [-0.2, 0) is 9.30 Å². The SMILES string of the molecule is C=CCOCCCCC.O=P([O-])([O-])[O-].[Na+].[Na+].[Na+]. The van der Waals surface area contributed by atoms with Crippen LogP contribution < -0.4 is 103 Å². The number of hydrogen-bond acceptors (Lipinski definition) is 5. The van der Waals surface area contributed by atoms with E-state index >= 15 is 0 Å². The van der Waals surface area contributed by atoms with Crippen molar-refractivity contribution in [3.8, 4) is 0 Å². The summed E-state index contributed by atoms with van der Waals surface area (Å²) in [5.74, 6) is 0. The number of rotatable bonds is 6. The minimum Gasteiger partial charge on any atom is -0.822 e. The van der Waals surface area contributed by atoms with Gasteiger partial charge in [0.25, 0.3) is 0 Å². The average molecular weight is 292 g/mol. The van der Waals surface area contributed by atoms with Crippen molar-refractivity contribution in [1.29, 1.82) is 0 Å². The van der Waals surface area contributed by atoms with Crippen LogP contribution in [0.25, 0.3) is 0 Å². The van der Waals surface area contributed by atoms with Gasteiger partial charge < -0.3 is 24.0 Å². The molecule has 0 saturated heterocycles. The van der Waals surface area contributed by atoms with Gasteiger partial charge in [0, 0.05) is 6.61 Å². The van der Waals surface area contributed by atoms with Crippen molar-refractivity contribution in [2.24, 2.45) is 0 Å². The average Bonchev–Trinajstić information content (AvgIpc) is 2.01. The molecule has 0 bridgehead atoms. The van der Waals surface area contributed by atoms with Crippen molar-refractivity contribution in [3.63, 3.8) is 0 Å². The van der Waals surface area contributed by atoms with Crippen LogP contribution in [0.1, 0.15) is 26.2 Å². The Morgan fingerprint density at radius 2 is 1.59 bits per heavy atom. The molecule has 0 aliphatic rings. The fraction of sp³-hybridized carbons (Fsp3) is 0.750. The topological polar surface area (TPSA) is 95.5 Å². The standard InChI is InChI=1S/C8H16O.3Na.H3O4P/c1-3-5-6-8-9-7-4-2;;;;1-5(2,3)4/h4H,2-3,5-8H2,1H3;;;;(H3,1,2,3,4)/q;3*+1;/p-3. The molecule has 0 aliphatic heterocycles. The van der Waals surface area contributed by atoms with E-state index in [0.717, 1.165) is 6.61 Å². The first-order valence-electron chi connectivity index (χ1n) is 4.33. The zero-order valence-electron chi connectivity index (χ0n) is 11.3. The minimum absolute atomic E-state index is 0. The molecule has 0 radical (unpaired) electrons. The van der Waals surface area contributed by atoms with Crippen molar-refractivity contribution in [2.75, 3.05) is 13.2 Å². The summed E-state index contributed by atoms with van der Waals surface area (Å²) in [6, 6.07) is 0. The molecule has 0 aliphatic carbocycles. The fourth-order valence-corrected chi connectivity index (χ4v) is 0.621. The molecule has 0 amide bonds. The molecule has 0 atom stereocenters. The summed E-state index contributed by atoms with van der Waals surface area (Å²) in [6.45, 7) is 7.33. The molecular weight excluding hydrogens is 276 g/mol. The summed E-state index contributed by atoms with van der Waals surface area (Å²) in [7, 11) is -5.39. The third-order valence-electron chi connectivity index (χ3n) is 1.13. The van der Waals surface area contributed by atoms with Gasteiger partial charge in [-0.1, -0.05) is 25.8 Å². The summed E-state index contributed by atoms with van der Waals surface area (Å²) in [5, 5.41) is 0. The Labute approximate surface area is 170 Å². The molecule has 0 unspecified atom stereocenters. The van der Waals surface area contributed by atoms with Gasteiger partial charge >= 0.3 is 88.7 Å². The second-order valence-electron chi connectivity index (χ2n) is 2.52. The third-order valence-corrected chi connectivity index (χ3v) is 1.13. The normalized spacial score (nSPS) is 8.47. The maximum Gasteiger partial charge on any atom is 1.00 e.